The largest absolute Gasteiger partial charge is 0.481 e. The summed E-state index contributed by atoms with van der Waals surface area (Å²) in [6.45, 7) is 3.67. The molecule has 1 fully saturated rings. The fourth-order valence-electron chi connectivity index (χ4n) is 5.29. The molecule has 1 aliphatic rings. The molecule has 1 saturated carbocycles. The van der Waals surface area contributed by atoms with Gasteiger partial charge < -0.3 is 21.3 Å². The Kier molecular flexibility index (Phi) is 7.20. The van der Waals surface area contributed by atoms with E-state index in [1.54, 1.807) is 36.7 Å². The fraction of sp³-hybridized carbons (Fsp3) is 0.321. The molecule has 9 nitrogen and oxygen atoms in total. The van der Waals surface area contributed by atoms with Gasteiger partial charge in [0.2, 0.25) is 5.95 Å². The van der Waals surface area contributed by atoms with Crippen LogP contribution in [0.15, 0.2) is 55.0 Å². The fourth-order valence-corrected chi connectivity index (χ4v) is 6.31. The van der Waals surface area contributed by atoms with E-state index in [2.05, 4.69) is 25.3 Å². The van der Waals surface area contributed by atoms with Gasteiger partial charge in [0.1, 0.15) is 22.1 Å². The number of aliphatic carboxylic acids is 1. The molecule has 3 heterocycles. The summed E-state index contributed by atoms with van der Waals surface area (Å²) >= 11 is 1.28. The third-order valence-corrected chi connectivity index (χ3v) is 8.52. The topological polar surface area (TPSA) is 147 Å². The highest BCUT2D eigenvalue weighted by Crippen LogP contribution is 2.51. The summed E-state index contributed by atoms with van der Waals surface area (Å²) in [5, 5.41) is 24.5. The molecule has 1 aromatic carbocycles. The number of nitrogens with two attached hydrogens (primary N) is 1. The molecule has 1 aliphatic carbocycles. The standard InChI is InChI=1S/C28H27F3N6O3S/c1-26(2)14-27(40,7-5-19(26)23(38)39)24-35-13-20(41-24)17-9-16(15-3-4-22(32)34-12-15)10-18(11-17)36-25-33-8-6-21(37-25)28(29,30)31/h3-4,6,8-13,19,40H,5,7,14H2,1-2H3,(H2,32,34)(H,38,39)(H,33,36,37). The van der Waals surface area contributed by atoms with Crippen LogP contribution in [0.25, 0.3) is 21.6 Å². The van der Waals surface area contributed by atoms with Crippen LogP contribution < -0.4 is 11.1 Å². The maximum atomic E-state index is 13.2. The number of thiazole rings is 1. The molecule has 2 unspecified atom stereocenters. The summed E-state index contributed by atoms with van der Waals surface area (Å²) in [5.74, 6) is -1.34. The molecule has 3 aromatic heterocycles. The van der Waals surface area contributed by atoms with Gasteiger partial charge in [0.25, 0.3) is 0 Å². The van der Waals surface area contributed by atoms with Crippen molar-refractivity contribution in [2.45, 2.75) is 44.9 Å². The number of alkyl halides is 3. The number of hydrogen-bond acceptors (Lipinski definition) is 9. The van der Waals surface area contributed by atoms with E-state index in [-0.39, 0.29) is 18.8 Å². The van der Waals surface area contributed by atoms with Crippen molar-refractivity contribution < 1.29 is 28.2 Å². The number of halogens is 3. The highest BCUT2D eigenvalue weighted by molar-refractivity contribution is 7.15. The predicted molar refractivity (Wildman–Crippen MR) is 148 cm³/mol. The Morgan fingerprint density at radius 3 is 2.49 bits per heavy atom. The monoisotopic (exact) mass is 584 g/mol. The van der Waals surface area contributed by atoms with E-state index in [0.717, 1.165) is 12.3 Å². The Balaban J connectivity index is 1.52. The highest BCUT2D eigenvalue weighted by Gasteiger charge is 2.49. The summed E-state index contributed by atoms with van der Waals surface area (Å²) in [6, 6.07) is 9.53. The van der Waals surface area contributed by atoms with Crippen molar-refractivity contribution >= 4 is 34.8 Å². The van der Waals surface area contributed by atoms with Crippen molar-refractivity contribution in [1.29, 1.82) is 0 Å². The van der Waals surface area contributed by atoms with Crippen LogP contribution in [0.4, 0.5) is 30.6 Å². The zero-order valence-electron chi connectivity index (χ0n) is 22.1. The van der Waals surface area contributed by atoms with Crippen molar-refractivity contribution in [2.24, 2.45) is 11.3 Å². The SMILES string of the molecule is CC1(C)CC(O)(c2ncc(-c3cc(Nc4nccc(C(F)(F)F)n4)cc(-c4ccc(N)nc4)c3)s2)CCC1C(=O)O. The molecular formula is C28H27F3N6O3S. The number of carboxylic acid groups (broad SMARTS) is 1. The quantitative estimate of drug-likeness (QED) is 0.211. The van der Waals surface area contributed by atoms with E-state index in [1.807, 2.05) is 19.9 Å². The van der Waals surface area contributed by atoms with Gasteiger partial charge in [0.05, 0.1) is 10.8 Å². The Hall–Kier alpha value is -4.10. The number of anilines is 3. The van der Waals surface area contributed by atoms with Gasteiger partial charge in [-0.25, -0.2) is 19.9 Å². The molecule has 0 radical (unpaired) electrons. The van der Waals surface area contributed by atoms with Gasteiger partial charge in [-0.15, -0.1) is 11.3 Å². The second-order valence-electron chi connectivity index (χ2n) is 10.8. The average Bonchev–Trinajstić information content (AvgIpc) is 3.39. The van der Waals surface area contributed by atoms with Crippen LogP contribution in [-0.2, 0) is 16.6 Å². The number of carboxylic acids is 1. The van der Waals surface area contributed by atoms with E-state index in [9.17, 15) is 28.2 Å². The van der Waals surface area contributed by atoms with Gasteiger partial charge in [-0.3, -0.25) is 4.79 Å². The number of nitrogen functional groups attached to an aromatic ring is 1. The number of carbonyl (C=O) groups is 1. The lowest BCUT2D eigenvalue weighted by atomic mass is 9.63. The van der Waals surface area contributed by atoms with Crippen LogP contribution in [0, 0.1) is 11.3 Å². The van der Waals surface area contributed by atoms with Gasteiger partial charge in [0, 0.05) is 29.8 Å². The van der Waals surface area contributed by atoms with Gasteiger partial charge in [-0.05, 0) is 72.2 Å². The zero-order chi connectivity index (χ0) is 29.6. The van der Waals surface area contributed by atoms with Gasteiger partial charge >= 0.3 is 12.1 Å². The molecule has 0 amide bonds. The number of nitrogens with zero attached hydrogens (tertiary/aromatic N) is 4. The van der Waals surface area contributed by atoms with Crippen LogP contribution in [0.3, 0.4) is 0 Å². The highest BCUT2D eigenvalue weighted by atomic mass is 32.1. The van der Waals surface area contributed by atoms with Crippen LogP contribution in [-0.4, -0.2) is 36.1 Å². The molecule has 2 atom stereocenters. The maximum absolute atomic E-state index is 13.2. The summed E-state index contributed by atoms with van der Waals surface area (Å²) in [6.07, 6.45) is 0.432. The van der Waals surface area contributed by atoms with Crippen molar-refractivity contribution in [1.82, 2.24) is 19.9 Å². The number of rotatable bonds is 6. The summed E-state index contributed by atoms with van der Waals surface area (Å²) in [5.41, 5.74) is 5.25. The van der Waals surface area contributed by atoms with Gasteiger partial charge in [-0.1, -0.05) is 13.8 Å². The summed E-state index contributed by atoms with van der Waals surface area (Å²) < 4.78 is 39.6. The zero-order valence-corrected chi connectivity index (χ0v) is 22.9. The van der Waals surface area contributed by atoms with Crippen LogP contribution in [0.5, 0.6) is 0 Å². The lowest BCUT2D eigenvalue weighted by Crippen LogP contribution is -2.44. The minimum Gasteiger partial charge on any atom is -0.481 e. The number of benzene rings is 1. The van der Waals surface area contributed by atoms with E-state index < -0.39 is 34.8 Å². The number of hydrogen-bond donors (Lipinski definition) is 4. The first-order chi connectivity index (χ1) is 19.2. The molecule has 0 spiro atoms. The Morgan fingerprint density at radius 2 is 1.83 bits per heavy atom. The lowest BCUT2D eigenvalue weighted by molar-refractivity contribution is -0.154. The average molecular weight is 585 g/mol. The third-order valence-electron chi connectivity index (χ3n) is 7.28. The molecule has 5 N–H and O–H groups in total. The Morgan fingerprint density at radius 1 is 1.07 bits per heavy atom. The van der Waals surface area contributed by atoms with Crippen LogP contribution >= 0.6 is 11.3 Å². The normalized spacial score (nSPS) is 20.5. The molecule has 41 heavy (non-hydrogen) atoms. The van der Waals surface area contributed by atoms with E-state index in [0.29, 0.717) is 44.5 Å². The molecular weight excluding hydrogens is 557 g/mol. The molecule has 5 rings (SSSR count). The molecule has 4 aromatic rings. The van der Waals surface area contributed by atoms with Crippen LogP contribution in [0.1, 0.15) is 43.8 Å². The number of nitrogens with one attached hydrogen (secondary N) is 1. The minimum atomic E-state index is -4.63. The second kappa shape index (κ2) is 10.4. The molecule has 214 valence electrons. The van der Waals surface area contributed by atoms with Gasteiger partial charge in [-0.2, -0.15) is 13.2 Å². The summed E-state index contributed by atoms with van der Waals surface area (Å²) in [4.78, 5) is 28.6. The Bertz CT molecular complexity index is 1590. The van der Waals surface area contributed by atoms with Gasteiger partial charge in [0.15, 0.2) is 0 Å². The van der Waals surface area contributed by atoms with E-state index in [4.69, 9.17) is 5.73 Å². The first-order valence-electron chi connectivity index (χ1n) is 12.7. The first-order valence-corrected chi connectivity index (χ1v) is 13.5. The molecule has 13 heteroatoms. The lowest BCUT2D eigenvalue weighted by Gasteiger charge is -2.44. The second-order valence-corrected chi connectivity index (χ2v) is 11.8. The van der Waals surface area contributed by atoms with Crippen LogP contribution in [0.2, 0.25) is 0 Å². The third kappa shape index (κ3) is 6.00. The summed E-state index contributed by atoms with van der Waals surface area (Å²) in [7, 11) is 0. The minimum absolute atomic E-state index is 0.227. The number of aromatic nitrogens is 4. The molecule has 0 aliphatic heterocycles. The smallest absolute Gasteiger partial charge is 0.433 e. The molecule has 0 bridgehead atoms. The first kappa shape index (κ1) is 28.4. The number of pyridine rings is 1. The maximum Gasteiger partial charge on any atom is 0.433 e. The van der Waals surface area contributed by atoms with E-state index in [1.165, 1.54) is 11.3 Å². The van der Waals surface area contributed by atoms with Crippen molar-refractivity contribution in [2.75, 3.05) is 11.1 Å². The molecule has 0 saturated heterocycles. The predicted octanol–water partition coefficient (Wildman–Crippen LogP) is 6.11. The Labute approximate surface area is 237 Å². The van der Waals surface area contributed by atoms with Crippen molar-refractivity contribution in [3.63, 3.8) is 0 Å². The number of aliphatic hydroxyl groups is 1. The van der Waals surface area contributed by atoms with Crippen molar-refractivity contribution in [3.05, 3.63) is 65.7 Å². The van der Waals surface area contributed by atoms with E-state index >= 15 is 0 Å². The van der Waals surface area contributed by atoms with Crippen molar-refractivity contribution in [3.8, 4) is 21.6 Å².